The van der Waals surface area contributed by atoms with Crippen LogP contribution in [0.1, 0.15) is 44.4 Å². The molecule has 2 N–H and O–H groups in total. The van der Waals surface area contributed by atoms with E-state index < -0.39 is 5.41 Å². The first-order valence-corrected chi connectivity index (χ1v) is 13.6. The van der Waals surface area contributed by atoms with E-state index in [9.17, 15) is 4.79 Å². The molecule has 0 radical (unpaired) electrons. The highest BCUT2D eigenvalue weighted by Crippen LogP contribution is 2.34. The third-order valence-corrected chi connectivity index (χ3v) is 7.21. The van der Waals surface area contributed by atoms with Crippen LogP contribution in [0.5, 0.6) is 0 Å². The summed E-state index contributed by atoms with van der Waals surface area (Å²) < 4.78 is 5.87. The zero-order valence-corrected chi connectivity index (χ0v) is 23.1. The fraction of sp³-hybridized carbons (Fsp3) is 0.281. The Kier molecular flexibility index (Phi) is 6.64. The molecule has 0 aliphatic carbocycles. The standard InChI is InChI=1S/C32H32N6O2/c1-19-7-5-10-26(36-19)29-37-27(25-12-13-34-28(25)38-29)23-16-22(17-33-18-23)20-8-6-9-21(15-20)24-11-14-35-30(24)40-31(39)32(2,3)4/h5-10,12-13,15-18,24,30,35H,11,14H2,1-4H3,(H,34,37,38). The maximum atomic E-state index is 12.6. The highest BCUT2D eigenvalue weighted by atomic mass is 16.6. The van der Waals surface area contributed by atoms with Crippen LogP contribution in [0.4, 0.5) is 0 Å². The normalized spacial score (nSPS) is 17.3. The Balaban J connectivity index is 1.35. The summed E-state index contributed by atoms with van der Waals surface area (Å²) in [5.41, 5.74) is 6.66. The fourth-order valence-corrected chi connectivity index (χ4v) is 5.05. The molecule has 6 rings (SSSR count). The van der Waals surface area contributed by atoms with Gasteiger partial charge in [-0.2, -0.15) is 0 Å². The van der Waals surface area contributed by atoms with Crippen LogP contribution in [-0.2, 0) is 9.53 Å². The molecule has 5 aromatic rings. The quantitative estimate of drug-likeness (QED) is 0.266. The van der Waals surface area contributed by atoms with Gasteiger partial charge in [-0.15, -0.1) is 0 Å². The minimum absolute atomic E-state index is 0.0770. The lowest BCUT2D eigenvalue weighted by molar-refractivity contribution is -0.160. The van der Waals surface area contributed by atoms with Gasteiger partial charge in [0.25, 0.3) is 0 Å². The molecule has 8 heteroatoms. The topological polar surface area (TPSA) is 106 Å². The summed E-state index contributed by atoms with van der Waals surface area (Å²) in [6, 6.07) is 18.3. The van der Waals surface area contributed by atoms with Crippen molar-refractivity contribution in [3.63, 3.8) is 0 Å². The number of ether oxygens (including phenoxy) is 1. The number of rotatable bonds is 5. The lowest BCUT2D eigenvalue weighted by Crippen LogP contribution is -2.36. The predicted molar refractivity (Wildman–Crippen MR) is 155 cm³/mol. The SMILES string of the molecule is Cc1cccc(-c2nc(-c3cncc(-c4cccc(C5CCNC5OC(=O)C(C)(C)C)c4)c3)c3cc[nH]c3n2)n1. The molecule has 0 bridgehead atoms. The second kappa shape index (κ2) is 10.3. The van der Waals surface area contributed by atoms with Gasteiger partial charge in [0.15, 0.2) is 12.1 Å². The van der Waals surface area contributed by atoms with Crippen LogP contribution in [0, 0.1) is 12.3 Å². The number of carbonyl (C=O) groups is 1. The number of aryl methyl sites for hydroxylation is 1. The van der Waals surface area contributed by atoms with Crippen LogP contribution in [0.2, 0.25) is 0 Å². The summed E-state index contributed by atoms with van der Waals surface area (Å²) in [5.74, 6) is 0.435. The molecule has 1 fully saturated rings. The number of nitrogens with one attached hydrogen (secondary N) is 2. The molecule has 1 saturated heterocycles. The van der Waals surface area contributed by atoms with Crippen LogP contribution in [0.3, 0.4) is 0 Å². The summed E-state index contributed by atoms with van der Waals surface area (Å²) in [7, 11) is 0. The van der Waals surface area contributed by atoms with E-state index in [0.717, 1.165) is 63.3 Å². The van der Waals surface area contributed by atoms with Crippen molar-refractivity contribution in [1.82, 2.24) is 30.2 Å². The summed E-state index contributed by atoms with van der Waals surface area (Å²) in [4.78, 5) is 34.7. The van der Waals surface area contributed by atoms with Crippen LogP contribution >= 0.6 is 0 Å². The zero-order valence-electron chi connectivity index (χ0n) is 23.1. The van der Waals surface area contributed by atoms with Gasteiger partial charge in [0.05, 0.1) is 11.1 Å². The monoisotopic (exact) mass is 532 g/mol. The van der Waals surface area contributed by atoms with Crippen LogP contribution in [0.25, 0.3) is 44.9 Å². The summed E-state index contributed by atoms with van der Waals surface area (Å²) in [6.07, 6.45) is 6.12. The molecular formula is C32H32N6O2. The van der Waals surface area contributed by atoms with Crippen LogP contribution in [-0.4, -0.2) is 43.7 Å². The molecule has 4 aromatic heterocycles. The second-order valence-electron chi connectivity index (χ2n) is 11.3. The Labute approximate surface area is 233 Å². The number of pyridine rings is 2. The van der Waals surface area contributed by atoms with E-state index in [1.165, 1.54) is 0 Å². The number of hydrogen-bond donors (Lipinski definition) is 2. The van der Waals surface area contributed by atoms with Crippen LogP contribution < -0.4 is 5.32 Å². The first kappa shape index (κ1) is 25.8. The highest BCUT2D eigenvalue weighted by molar-refractivity contribution is 5.92. The predicted octanol–water partition coefficient (Wildman–Crippen LogP) is 6.05. The number of aromatic nitrogens is 5. The minimum Gasteiger partial charge on any atom is -0.445 e. The van der Waals surface area contributed by atoms with Crippen LogP contribution in [0.15, 0.2) is 73.2 Å². The number of hydrogen-bond acceptors (Lipinski definition) is 7. The third-order valence-electron chi connectivity index (χ3n) is 7.21. The zero-order chi connectivity index (χ0) is 27.9. The van der Waals surface area contributed by atoms with Gasteiger partial charge in [-0.3, -0.25) is 15.1 Å². The van der Waals surface area contributed by atoms with Gasteiger partial charge in [-0.1, -0.05) is 30.3 Å². The molecule has 1 aliphatic heterocycles. The Morgan fingerprint density at radius 2 is 1.77 bits per heavy atom. The van der Waals surface area contributed by atoms with E-state index >= 15 is 0 Å². The van der Waals surface area contributed by atoms with Gasteiger partial charge in [0.2, 0.25) is 0 Å². The number of fused-ring (bicyclic) bond motifs is 1. The second-order valence-corrected chi connectivity index (χ2v) is 11.3. The molecule has 2 atom stereocenters. The molecule has 1 aromatic carbocycles. The van der Waals surface area contributed by atoms with Crippen molar-refractivity contribution in [3.05, 3.63) is 84.4 Å². The van der Waals surface area contributed by atoms with Crippen molar-refractivity contribution >= 4 is 17.0 Å². The van der Waals surface area contributed by atoms with E-state index in [1.54, 1.807) is 0 Å². The molecule has 40 heavy (non-hydrogen) atoms. The Hall–Kier alpha value is -4.43. The molecule has 1 aliphatic rings. The van der Waals surface area contributed by atoms with E-state index in [2.05, 4.69) is 50.6 Å². The van der Waals surface area contributed by atoms with Crippen molar-refractivity contribution < 1.29 is 9.53 Å². The Bertz CT molecular complexity index is 1700. The first-order chi connectivity index (χ1) is 19.3. The molecule has 202 valence electrons. The Morgan fingerprint density at radius 1 is 0.950 bits per heavy atom. The van der Waals surface area contributed by atoms with Gasteiger partial charge >= 0.3 is 5.97 Å². The number of benzene rings is 1. The number of carbonyl (C=O) groups excluding carboxylic acids is 1. The van der Waals surface area contributed by atoms with E-state index in [0.29, 0.717) is 5.82 Å². The van der Waals surface area contributed by atoms with Gasteiger partial charge in [0.1, 0.15) is 11.3 Å². The van der Waals surface area contributed by atoms with E-state index in [-0.39, 0.29) is 18.1 Å². The number of aromatic amines is 1. The van der Waals surface area contributed by atoms with Gasteiger partial charge in [-0.05, 0) is 76.1 Å². The molecule has 8 nitrogen and oxygen atoms in total. The van der Waals surface area contributed by atoms with Crippen molar-refractivity contribution in [2.45, 2.75) is 46.3 Å². The lowest BCUT2D eigenvalue weighted by atomic mass is 9.93. The summed E-state index contributed by atoms with van der Waals surface area (Å²) in [5, 5.41) is 4.28. The number of H-pyrrole nitrogens is 1. The molecule has 0 spiro atoms. The van der Waals surface area contributed by atoms with Gasteiger partial charge < -0.3 is 9.72 Å². The van der Waals surface area contributed by atoms with Gasteiger partial charge in [0, 0.05) is 46.7 Å². The summed E-state index contributed by atoms with van der Waals surface area (Å²) >= 11 is 0. The molecular weight excluding hydrogens is 500 g/mol. The number of nitrogens with zero attached hydrogens (tertiary/aromatic N) is 4. The fourth-order valence-electron chi connectivity index (χ4n) is 5.05. The maximum absolute atomic E-state index is 12.6. The lowest BCUT2D eigenvalue weighted by Gasteiger charge is -2.25. The third kappa shape index (κ3) is 5.10. The van der Waals surface area contributed by atoms with E-state index in [4.69, 9.17) is 14.7 Å². The smallest absolute Gasteiger partial charge is 0.312 e. The molecule has 0 saturated carbocycles. The van der Waals surface area contributed by atoms with Crippen molar-refractivity contribution in [2.75, 3.05) is 6.54 Å². The first-order valence-electron chi connectivity index (χ1n) is 13.6. The molecule has 2 unspecified atom stereocenters. The number of esters is 1. The minimum atomic E-state index is -0.552. The highest BCUT2D eigenvalue weighted by Gasteiger charge is 2.34. The van der Waals surface area contributed by atoms with Crippen molar-refractivity contribution in [3.8, 4) is 33.9 Å². The molecule has 0 amide bonds. The van der Waals surface area contributed by atoms with Crippen molar-refractivity contribution in [2.24, 2.45) is 5.41 Å². The molecule has 5 heterocycles. The average molecular weight is 533 g/mol. The van der Waals surface area contributed by atoms with Crippen molar-refractivity contribution in [1.29, 1.82) is 0 Å². The largest absolute Gasteiger partial charge is 0.445 e. The summed E-state index contributed by atoms with van der Waals surface area (Å²) in [6.45, 7) is 8.38. The maximum Gasteiger partial charge on any atom is 0.312 e. The van der Waals surface area contributed by atoms with E-state index in [1.807, 2.05) is 70.6 Å². The Morgan fingerprint density at radius 3 is 2.60 bits per heavy atom. The van der Waals surface area contributed by atoms with Gasteiger partial charge in [-0.25, -0.2) is 15.0 Å². The average Bonchev–Trinajstić information content (AvgIpc) is 3.62.